The van der Waals surface area contributed by atoms with Gasteiger partial charge in [0.1, 0.15) is 0 Å². The van der Waals surface area contributed by atoms with E-state index >= 15 is 0 Å². The van der Waals surface area contributed by atoms with Gasteiger partial charge >= 0.3 is 0 Å². The summed E-state index contributed by atoms with van der Waals surface area (Å²) in [5, 5.41) is 11.1. The van der Waals surface area contributed by atoms with Crippen LogP contribution >= 0.6 is 0 Å². The van der Waals surface area contributed by atoms with Crippen LogP contribution < -0.4 is 10.6 Å². The summed E-state index contributed by atoms with van der Waals surface area (Å²) >= 11 is 0. The highest BCUT2D eigenvalue weighted by Gasteiger charge is 2.13. The van der Waals surface area contributed by atoms with Crippen LogP contribution in [-0.2, 0) is 30.8 Å². The molecule has 0 bridgehead atoms. The van der Waals surface area contributed by atoms with Gasteiger partial charge in [0.15, 0.2) is 0 Å². The van der Waals surface area contributed by atoms with E-state index in [1.165, 1.54) is 43.6 Å². The maximum absolute atomic E-state index is 12.4. The highest BCUT2D eigenvalue weighted by molar-refractivity contribution is 5.90. The molecule has 2 aliphatic rings. The van der Waals surface area contributed by atoms with Crippen molar-refractivity contribution in [1.29, 1.82) is 0 Å². The number of carbonyl (C=O) groups excluding carboxylic acids is 1. The number of amides is 1. The van der Waals surface area contributed by atoms with Crippen molar-refractivity contribution in [3.05, 3.63) is 47.3 Å². The minimum Gasteiger partial charge on any atom is -0.326 e. The standard InChI is InChI=1S/C22H31N5O/c28-22(9-8-20-15-21-16-23-10-5-13-27(21)25-20)24-19-7-4-6-18(14-19)17-26-11-2-1-3-12-26/h4,6-7,14-15,23H,1-3,5,8-13,16-17H2,(H,24,28). The summed E-state index contributed by atoms with van der Waals surface area (Å²) in [6.07, 6.45) is 6.18. The Morgan fingerprint density at radius 1 is 1.11 bits per heavy atom. The first-order valence-electron chi connectivity index (χ1n) is 10.6. The summed E-state index contributed by atoms with van der Waals surface area (Å²) in [6, 6.07) is 10.4. The van der Waals surface area contributed by atoms with Crippen molar-refractivity contribution in [3.8, 4) is 0 Å². The van der Waals surface area contributed by atoms with Crippen molar-refractivity contribution in [2.75, 3.05) is 25.0 Å². The predicted molar refractivity (Wildman–Crippen MR) is 111 cm³/mol. The van der Waals surface area contributed by atoms with Gasteiger partial charge in [0.05, 0.1) is 11.4 Å². The summed E-state index contributed by atoms with van der Waals surface area (Å²) < 4.78 is 2.08. The van der Waals surface area contributed by atoms with Crippen LogP contribution in [0.2, 0.25) is 0 Å². The fraction of sp³-hybridized carbons (Fsp3) is 0.545. The molecule has 2 aliphatic heterocycles. The van der Waals surface area contributed by atoms with Crippen molar-refractivity contribution in [2.45, 2.75) is 58.2 Å². The molecule has 2 aromatic rings. The number of nitrogens with one attached hydrogen (secondary N) is 2. The molecule has 28 heavy (non-hydrogen) atoms. The third kappa shape index (κ3) is 5.20. The largest absolute Gasteiger partial charge is 0.326 e. The highest BCUT2D eigenvalue weighted by Crippen LogP contribution is 2.17. The van der Waals surface area contributed by atoms with E-state index in [9.17, 15) is 4.79 Å². The predicted octanol–water partition coefficient (Wildman–Crippen LogP) is 2.93. The zero-order valence-electron chi connectivity index (χ0n) is 16.6. The molecule has 1 aromatic heterocycles. The number of carbonyl (C=O) groups is 1. The van der Waals surface area contributed by atoms with Gasteiger partial charge in [-0.2, -0.15) is 5.10 Å². The van der Waals surface area contributed by atoms with Gasteiger partial charge in [0.2, 0.25) is 5.91 Å². The molecule has 0 aliphatic carbocycles. The van der Waals surface area contributed by atoms with Gasteiger partial charge in [-0.15, -0.1) is 0 Å². The van der Waals surface area contributed by atoms with Gasteiger partial charge in [-0.3, -0.25) is 14.4 Å². The highest BCUT2D eigenvalue weighted by atomic mass is 16.1. The van der Waals surface area contributed by atoms with Gasteiger partial charge in [0, 0.05) is 38.2 Å². The topological polar surface area (TPSA) is 62.2 Å². The van der Waals surface area contributed by atoms with E-state index in [-0.39, 0.29) is 5.91 Å². The molecule has 0 atom stereocenters. The van der Waals surface area contributed by atoms with Crippen molar-refractivity contribution in [1.82, 2.24) is 20.0 Å². The Kier molecular flexibility index (Phi) is 6.39. The fourth-order valence-electron chi connectivity index (χ4n) is 4.13. The molecule has 6 nitrogen and oxygen atoms in total. The molecule has 0 radical (unpaired) electrons. The van der Waals surface area contributed by atoms with Crippen LogP contribution in [0, 0.1) is 0 Å². The Morgan fingerprint density at radius 3 is 2.89 bits per heavy atom. The lowest BCUT2D eigenvalue weighted by atomic mass is 10.1. The molecular formula is C22H31N5O. The zero-order valence-corrected chi connectivity index (χ0v) is 16.6. The average molecular weight is 382 g/mol. The van der Waals surface area contributed by atoms with Crippen LogP contribution in [0.1, 0.15) is 49.1 Å². The van der Waals surface area contributed by atoms with Crippen LogP contribution in [0.5, 0.6) is 0 Å². The van der Waals surface area contributed by atoms with E-state index < -0.39 is 0 Å². The summed E-state index contributed by atoms with van der Waals surface area (Å²) in [6.45, 7) is 6.19. The minimum absolute atomic E-state index is 0.0523. The van der Waals surface area contributed by atoms with E-state index in [0.29, 0.717) is 12.8 Å². The number of nitrogens with zero attached hydrogens (tertiary/aromatic N) is 3. The molecule has 0 spiro atoms. The van der Waals surface area contributed by atoms with E-state index in [1.54, 1.807) is 0 Å². The Bertz CT molecular complexity index is 770. The number of benzene rings is 1. The normalized spacial score (nSPS) is 17.7. The summed E-state index contributed by atoms with van der Waals surface area (Å²) in [7, 11) is 0. The van der Waals surface area contributed by atoms with Crippen molar-refractivity contribution in [3.63, 3.8) is 0 Å². The van der Waals surface area contributed by atoms with E-state index in [4.69, 9.17) is 0 Å². The quantitative estimate of drug-likeness (QED) is 0.808. The first kappa shape index (κ1) is 19.2. The van der Waals surface area contributed by atoms with Gasteiger partial charge < -0.3 is 10.6 Å². The monoisotopic (exact) mass is 381 g/mol. The van der Waals surface area contributed by atoms with E-state index in [2.05, 4.69) is 43.5 Å². The lowest BCUT2D eigenvalue weighted by Gasteiger charge is -2.26. The molecule has 1 fully saturated rings. The number of aryl methyl sites for hydroxylation is 2. The number of hydrogen-bond donors (Lipinski definition) is 2. The molecule has 150 valence electrons. The van der Waals surface area contributed by atoms with Crippen molar-refractivity contribution in [2.24, 2.45) is 0 Å². The second-order valence-corrected chi connectivity index (χ2v) is 7.97. The van der Waals surface area contributed by atoms with Crippen LogP contribution in [0.3, 0.4) is 0 Å². The van der Waals surface area contributed by atoms with Crippen LogP contribution in [0.4, 0.5) is 5.69 Å². The molecule has 4 rings (SSSR count). The molecule has 6 heteroatoms. The van der Waals surface area contributed by atoms with Gasteiger partial charge in [-0.25, -0.2) is 0 Å². The zero-order chi connectivity index (χ0) is 19.2. The molecule has 0 saturated carbocycles. The first-order valence-corrected chi connectivity index (χ1v) is 10.6. The average Bonchev–Trinajstić information content (AvgIpc) is 2.96. The van der Waals surface area contributed by atoms with Crippen LogP contribution in [0.15, 0.2) is 30.3 Å². The second-order valence-electron chi connectivity index (χ2n) is 7.97. The second kappa shape index (κ2) is 9.34. The molecule has 1 amide bonds. The number of aromatic nitrogens is 2. The Labute approximate surface area is 167 Å². The van der Waals surface area contributed by atoms with Crippen LogP contribution in [0.25, 0.3) is 0 Å². The number of piperidine rings is 1. The summed E-state index contributed by atoms with van der Waals surface area (Å²) in [4.78, 5) is 14.9. The Balaban J connectivity index is 1.28. The molecule has 1 aromatic carbocycles. The van der Waals surface area contributed by atoms with Gasteiger partial charge in [-0.1, -0.05) is 18.6 Å². The van der Waals surface area contributed by atoms with Gasteiger partial charge in [0.25, 0.3) is 0 Å². The number of fused-ring (bicyclic) bond motifs is 1. The van der Waals surface area contributed by atoms with Crippen molar-refractivity contribution >= 4 is 11.6 Å². The number of rotatable bonds is 6. The number of likely N-dealkylation sites (tertiary alicyclic amines) is 1. The number of hydrogen-bond acceptors (Lipinski definition) is 4. The third-order valence-corrected chi connectivity index (χ3v) is 5.62. The number of anilines is 1. The SMILES string of the molecule is O=C(CCc1cc2n(n1)CCCNC2)Nc1cccc(CN2CCCCC2)c1. The maximum atomic E-state index is 12.4. The maximum Gasteiger partial charge on any atom is 0.224 e. The third-order valence-electron chi connectivity index (χ3n) is 5.62. The van der Waals surface area contributed by atoms with Crippen molar-refractivity contribution < 1.29 is 4.79 Å². The molecule has 3 heterocycles. The van der Waals surface area contributed by atoms with Gasteiger partial charge in [-0.05, 0) is 62.7 Å². The molecule has 2 N–H and O–H groups in total. The summed E-state index contributed by atoms with van der Waals surface area (Å²) in [5.74, 6) is 0.0523. The molecule has 0 unspecified atom stereocenters. The molecule has 1 saturated heterocycles. The minimum atomic E-state index is 0.0523. The summed E-state index contributed by atoms with van der Waals surface area (Å²) in [5.41, 5.74) is 4.39. The Morgan fingerprint density at radius 2 is 2.00 bits per heavy atom. The lowest BCUT2D eigenvalue weighted by Crippen LogP contribution is -2.29. The first-order chi connectivity index (χ1) is 13.8. The molecular weight excluding hydrogens is 350 g/mol. The Hall–Kier alpha value is -2.18. The smallest absolute Gasteiger partial charge is 0.224 e. The fourth-order valence-corrected chi connectivity index (χ4v) is 4.13. The lowest BCUT2D eigenvalue weighted by molar-refractivity contribution is -0.116. The van der Waals surface area contributed by atoms with E-state index in [0.717, 1.165) is 44.0 Å². The van der Waals surface area contributed by atoms with E-state index in [1.807, 2.05) is 12.1 Å². The van der Waals surface area contributed by atoms with Crippen LogP contribution in [-0.4, -0.2) is 40.2 Å².